The highest BCUT2D eigenvalue weighted by Gasteiger charge is 2.20. The van der Waals surface area contributed by atoms with E-state index in [4.69, 9.17) is 9.15 Å². The van der Waals surface area contributed by atoms with Crippen LogP contribution in [0.2, 0.25) is 0 Å². The molecule has 18 heavy (non-hydrogen) atoms. The number of rotatable bonds is 6. The van der Waals surface area contributed by atoms with Crippen LogP contribution in [0.5, 0.6) is 0 Å². The number of hydrogen-bond donors (Lipinski definition) is 0. The van der Waals surface area contributed by atoms with Crippen LogP contribution in [0.15, 0.2) is 53.3 Å². The maximum Gasteiger partial charge on any atom is 0.170 e. The number of carbonyl (C=O) groups excluding carboxylic acids is 1. The normalized spacial score (nSPS) is 12.3. The van der Waals surface area contributed by atoms with Gasteiger partial charge in [0.05, 0.1) is 12.5 Å². The molecule has 0 spiro atoms. The molecule has 0 N–H and O–H groups in total. The first kappa shape index (κ1) is 12.6. The highest BCUT2D eigenvalue weighted by Crippen LogP contribution is 2.20. The molecule has 1 heterocycles. The second-order valence-corrected chi connectivity index (χ2v) is 4.02. The molecule has 2 rings (SSSR count). The van der Waals surface area contributed by atoms with Crippen molar-refractivity contribution in [3.8, 4) is 0 Å². The molecule has 1 atom stereocenters. The minimum atomic E-state index is -0.494. The van der Waals surface area contributed by atoms with Gasteiger partial charge in [0, 0.05) is 13.0 Å². The van der Waals surface area contributed by atoms with Crippen molar-refractivity contribution in [1.82, 2.24) is 0 Å². The van der Waals surface area contributed by atoms with Crippen molar-refractivity contribution >= 4 is 5.78 Å². The Morgan fingerprint density at radius 1 is 1.28 bits per heavy atom. The first-order valence-electron chi connectivity index (χ1n) is 6.01. The average molecular weight is 244 g/mol. The lowest BCUT2D eigenvalue weighted by molar-refractivity contribution is -0.130. The van der Waals surface area contributed by atoms with Crippen molar-refractivity contribution < 1.29 is 13.9 Å². The van der Waals surface area contributed by atoms with Crippen molar-refractivity contribution in [2.75, 3.05) is 6.61 Å². The monoisotopic (exact) mass is 244 g/mol. The van der Waals surface area contributed by atoms with E-state index >= 15 is 0 Å². The van der Waals surface area contributed by atoms with Crippen molar-refractivity contribution in [3.05, 3.63) is 60.1 Å². The van der Waals surface area contributed by atoms with Gasteiger partial charge in [-0.15, -0.1) is 0 Å². The van der Waals surface area contributed by atoms with Crippen LogP contribution in [0, 0.1) is 0 Å². The van der Waals surface area contributed by atoms with Crippen LogP contribution in [0.4, 0.5) is 0 Å². The second kappa shape index (κ2) is 6.17. The summed E-state index contributed by atoms with van der Waals surface area (Å²) in [5, 5.41) is 0. The van der Waals surface area contributed by atoms with E-state index in [2.05, 4.69) is 0 Å². The molecule has 3 heteroatoms. The maximum atomic E-state index is 12.2. The fraction of sp³-hybridized carbons (Fsp3) is 0.267. The SMILES string of the molecule is CCOC(C(=O)Cc1ccoc1)c1ccccc1. The third-order valence-corrected chi connectivity index (χ3v) is 2.69. The first-order chi connectivity index (χ1) is 8.81. The van der Waals surface area contributed by atoms with Gasteiger partial charge >= 0.3 is 0 Å². The van der Waals surface area contributed by atoms with Gasteiger partial charge < -0.3 is 9.15 Å². The first-order valence-corrected chi connectivity index (χ1v) is 6.01. The second-order valence-electron chi connectivity index (χ2n) is 4.02. The van der Waals surface area contributed by atoms with Gasteiger partial charge in [0.1, 0.15) is 6.10 Å². The lowest BCUT2D eigenvalue weighted by Crippen LogP contribution is -2.18. The summed E-state index contributed by atoms with van der Waals surface area (Å²) in [5.41, 5.74) is 1.77. The highest BCUT2D eigenvalue weighted by molar-refractivity contribution is 5.86. The van der Waals surface area contributed by atoms with Crippen LogP contribution in [0.1, 0.15) is 24.2 Å². The zero-order valence-electron chi connectivity index (χ0n) is 10.3. The molecule has 0 amide bonds. The van der Waals surface area contributed by atoms with Crippen LogP contribution in [0.25, 0.3) is 0 Å². The van der Waals surface area contributed by atoms with Gasteiger partial charge in [-0.3, -0.25) is 4.79 Å². The fourth-order valence-corrected chi connectivity index (χ4v) is 1.86. The number of furan rings is 1. The topological polar surface area (TPSA) is 39.4 Å². The van der Waals surface area contributed by atoms with E-state index in [0.717, 1.165) is 11.1 Å². The van der Waals surface area contributed by atoms with E-state index in [1.54, 1.807) is 18.6 Å². The predicted molar refractivity (Wildman–Crippen MR) is 68.2 cm³/mol. The molecular weight excluding hydrogens is 228 g/mol. The van der Waals surface area contributed by atoms with E-state index in [-0.39, 0.29) is 5.78 Å². The third-order valence-electron chi connectivity index (χ3n) is 2.69. The minimum Gasteiger partial charge on any atom is -0.472 e. The van der Waals surface area contributed by atoms with Crippen molar-refractivity contribution in [3.63, 3.8) is 0 Å². The Bertz CT molecular complexity index is 474. The standard InChI is InChI=1S/C15H16O3/c1-2-18-15(13-6-4-3-5-7-13)14(16)10-12-8-9-17-11-12/h3-9,11,15H,2,10H2,1H3. The zero-order chi connectivity index (χ0) is 12.8. The summed E-state index contributed by atoms with van der Waals surface area (Å²) in [4.78, 5) is 12.2. The quantitative estimate of drug-likeness (QED) is 0.783. The fourth-order valence-electron chi connectivity index (χ4n) is 1.86. The molecule has 1 aromatic heterocycles. The number of ether oxygens (including phenoxy) is 1. The van der Waals surface area contributed by atoms with Gasteiger partial charge in [-0.05, 0) is 24.1 Å². The van der Waals surface area contributed by atoms with Gasteiger partial charge in [0.15, 0.2) is 5.78 Å². The Morgan fingerprint density at radius 2 is 2.06 bits per heavy atom. The molecule has 0 bridgehead atoms. The molecule has 0 aliphatic heterocycles. The van der Waals surface area contributed by atoms with Crippen molar-refractivity contribution in [1.29, 1.82) is 0 Å². The molecule has 3 nitrogen and oxygen atoms in total. The van der Waals surface area contributed by atoms with Gasteiger partial charge in [0.2, 0.25) is 0 Å². The van der Waals surface area contributed by atoms with Crippen molar-refractivity contribution in [2.24, 2.45) is 0 Å². The largest absolute Gasteiger partial charge is 0.472 e. The Kier molecular flexibility index (Phi) is 4.31. The molecule has 94 valence electrons. The molecular formula is C15H16O3. The van der Waals surface area contributed by atoms with E-state index in [9.17, 15) is 4.79 Å². The molecule has 0 fully saturated rings. The van der Waals surface area contributed by atoms with Crippen molar-refractivity contribution in [2.45, 2.75) is 19.4 Å². The lowest BCUT2D eigenvalue weighted by atomic mass is 10.0. The summed E-state index contributed by atoms with van der Waals surface area (Å²) in [6.07, 6.45) is 2.99. The number of carbonyl (C=O) groups is 1. The number of hydrogen-bond acceptors (Lipinski definition) is 3. The van der Waals surface area contributed by atoms with Gasteiger partial charge in [-0.25, -0.2) is 0 Å². The third kappa shape index (κ3) is 3.08. The summed E-state index contributed by atoms with van der Waals surface area (Å²) >= 11 is 0. The molecule has 0 radical (unpaired) electrons. The summed E-state index contributed by atoms with van der Waals surface area (Å²) < 4.78 is 10.5. The van der Waals surface area contributed by atoms with Crippen LogP contribution < -0.4 is 0 Å². The highest BCUT2D eigenvalue weighted by atomic mass is 16.5. The molecule has 1 aromatic carbocycles. The zero-order valence-corrected chi connectivity index (χ0v) is 10.3. The Morgan fingerprint density at radius 3 is 2.67 bits per heavy atom. The summed E-state index contributed by atoms with van der Waals surface area (Å²) in [5.74, 6) is 0.0458. The lowest BCUT2D eigenvalue weighted by Gasteiger charge is -2.15. The van der Waals surface area contributed by atoms with Crippen LogP contribution in [0.3, 0.4) is 0 Å². The van der Waals surface area contributed by atoms with Gasteiger partial charge in [-0.1, -0.05) is 30.3 Å². The summed E-state index contributed by atoms with van der Waals surface area (Å²) in [7, 11) is 0. The maximum absolute atomic E-state index is 12.2. The molecule has 0 saturated carbocycles. The van der Waals surface area contributed by atoms with E-state index < -0.39 is 6.10 Å². The molecule has 2 aromatic rings. The molecule has 1 unspecified atom stereocenters. The van der Waals surface area contributed by atoms with Crippen LogP contribution in [-0.2, 0) is 16.0 Å². The Balaban J connectivity index is 2.12. The number of Topliss-reactive ketones (excluding diaryl/α,β-unsaturated/α-hetero) is 1. The molecule has 0 saturated heterocycles. The molecule has 0 aliphatic carbocycles. The number of benzene rings is 1. The summed E-state index contributed by atoms with van der Waals surface area (Å²) in [6.45, 7) is 2.40. The van der Waals surface area contributed by atoms with E-state index in [1.807, 2.05) is 37.3 Å². The Labute approximate surface area is 106 Å². The smallest absolute Gasteiger partial charge is 0.170 e. The average Bonchev–Trinajstić information content (AvgIpc) is 2.89. The van der Waals surface area contributed by atoms with Crippen LogP contribution in [-0.4, -0.2) is 12.4 Å². The summed E-state index contributed by atoms with van der Waals surface area (Å²) in [6, 6.07) is 11.4. The number of ketones is 1. The van der Waals surface area contributed by atoms with E-state index in [0.29, 0.717) is 13.0 Å². The van der Waals surface area contributed by atoms with Gasteiger partial charge in [-0.2, -0.15) is 0 Å². The minimum absolute atomic E-state index is 0.0458. The van der Waals surface area contributed by atoms with Gasteiger partial charge in [0.25, 0.3) is 0 Å². The van der Waals surface area contributed by atoms with Crippen LogP contribution >= 0.6 is 0 Å². The Hall–Kier alpha value is -1.87. The van der Waals surface area contributed by atoms with E-state index in [1.165, 1.54) is 0 Å². The predicted octanol–water partition coefficient (Wildman–Crippen LogP) is 3.17. The molecule has 0 aliphatic rings.